The van der Waals surface area contributed by atoms with E-state index >= 15 is 0 Å². The van der Waals surface area contributed by atoms with E-state index in [1.807, 2.05) is 18.0 Å². The van der Waals surface area contributed by atoms with Gasteiger partial charge in [0.05, 0.1) is 16.6 Å². The van der Waals surface area contributed by atoms with Crippen LogP contribution in [0.15, 0.2) is 59.5 Å². The molecule has 0 saturated heterocycles. The molecule has 0 aliphatic carbocycles. The minimum Gasteiger partial charge on any atom is -0.325 e. The van der Waals surface area contributed by atoms with Gasteiger partial charge in [-0.1, -0.05) is 6.07 Å². The molecule has 0 radical (unpaired) electrons. The van der Waals surface area contributed by atoms with Crippen molar-refractivity contribution in [3.63, 3.8) is 0 Å². The molecule has 1 unspecified atom stereocenters. The van der Waals surface area contributed by atoms with Gasteiger partial charge in [-0.3, -0.25) is 14.8 Å². The molecule has 0 saturated carbocycles. The van der Waals surface area contributed by atoms with Crippen molar-refractivity contribution in [2.75, 3.05) is 33.0 Å². The second-order valence-electron chi connectivity index (χ2n) is 8.35. The van der Waals surface area contributed by atoms with Gasteiger partial charge in [0.1, 0.15) is 5.82 Å². The van der Waals surface area contributed by atoms with E-state index in [1.54, 1.807) is 31.2 Å². The summed E-state index contributed by atoms with van der Waals surface area (Å²) < 4.78 is 38.9. The van der Waals surface area contributed by atoms with Crippen LogP contribution in [0.25, 0.3) is 11.3 Å². The largest absolute Gasteiger partial charge is 0.325 e. The van der Waals surface area contributed by atoms with Gasteiger partial charge < -0.3 is 5.32 Å². The van der Waals surface area contributed by atoms with Crippen molar-refractivity contribution in [2.45, 2.75) is 30.7 Å². The van der Waals surface area contributed by atoms with E-state index in [0.29, 0.717) is 12.2 Å². The number of aromatic amines is 1. The lowest BCUT2D eigenvalue weighted by molar-refractivity contribution is -0.120. The Bertz CT molecular complexity index is 1230. The van der Waals surface area contributed by atoms with Crippen LogP contribution >= 0.6 is 0 Å². The number of halogens is 1. The highest BCUT2D eigenvalue weighted by molar-refractivity contribution is 7.89. The molecule has 3 rings (SSSR count). The van der Waals surface area contributed by atoms with Crippen LogP contribution in [0.4, 0.5) is 10.1 Å². The molecule has 0 aliphatic rings. The van der Waals surface area contributed by atoms with Gasteiger partial charge in [-0.15, -0.1) is 0 Å². The van der Waals surface area contributed by atoms with Crippen LogP contribution in [-0.2, 0) is 21.2 Å². The Morgan fingerprint density at radius 3 is 2.50 bits per heavy atom. The Balaban J connectivity index is 1.52. The molecule has 1 heterocycles. The van der Waals surface area contributed by atoms with E-state index < -0.39 is 16.1 Å². The summed E-state index contributed by atoms with van der Waals surface area (Å²) in [7, 11) is 1.21. The van der Waals surface area contributed by atoms with Gasteiger partial charge in [-0.25, -0.2) is 17.1 Å². The summed E-state index contributed by atoms with van der Waals surface area (Å²) in [6.07, 6.45) is 1.55. The van der Waals surface area contributed by atoms with Crippen LogP contribution in [0.5, 0.6) is 0 Å². The molecule has 8 nitrogen and oxygen atoms in total. The summed E-state index contributed by atoms with van der Waals surface area (Å²) in [6.45, 7) is 2.48. The molecule has 2 aromatic carbocycles. The first-order valence-corrected chi connectivity index (χ1v) is 12.4. The summed E-state index contributed by atoms with van der Waals surface area (Å²) in [5, 5.41) is 10.1. The molecule has 10 heteroatoms. The summed E-state index contributed by atoms with van der Waals surface area (Å²) in [6, 6.07) is 13.9. The fourth-order valence-corrected chi connectivity index (χ4v) is 4.31. The first kappa shape index (κ1) is 25.5. The maximum Gasteiger partial charge on any atom is 0.242 e. The second kappa shape index (κ2) is 10.9. The number of likely N-dealkylation sites (N-methyl/N-ethyl adjacent to an activating group) is 1. The van der Waals surface area contributed by atoms with Crippen molar-refractivity contribution in [3.8, 4) is 11.3 Å². The van der Waals surface area contributed by atoms with Crippen LogP contribution in [0.1, 0.15) is 19.0 Å². The van der Waals surface area contributed by atoms with Crippen molar-refractivity contribution >= 4 is 21.6 Å². The third kappa shape index (κ3) is 6.28. The predicted molar refractivity (Wildman–Crippen MR) is 130 cm³/mol. The third-order valence-corrected chi connectivity index (χ3v) is 7.46. The highest BCUT2D eigenvalue weighted by Gasteiger charge is 2.20. The standard InChI is InChI=1S/C24H30FN5O3S/c1-17(24(31)26-20-7-5-9-22(15-20)34(32,33)29(2)3)30(4)14-6-8-21-16-23(28-27-21)18-10-12-19(25)13-11-18/h5,7,9-13,15-17H,6,8,14H2,1-4H3,(H,26,31)(H,27,28). The van der Waals surface area contributed by atoms with Crippen LogP contribution in [0.3, 0.4) is 0 Å². The number of nitrogens with one attached hydrogen (secondary N) is 2. The average molecular weight is 488 g/mol. The van der Waals surface area contributed by atoms with Crippen molar-refractivity contribution < 1.29 is 17.6 Å². The number of anilines is 1. The number of carbonyl (C=O) groups is 1. The molecule has 1 atom stereocenters. The zero-order chi connectivity index (χ0) is 24.9. The van der Waals surface area contributed by atoms with Gasteiger partial charge in [0.2, 0.25) is 15.9 Å². The highest BCUT2D eigenvalue weighted by Crippen LogP contribution is 2.20. The SMILES string of the molecule is CC(C(=O)Nc1cccc(S(=O)(=O)N(C)C)c1)N(C)CCCc1cc(-c2ccc(F)cc2)n[nH]1. The lowest BCUT2D eigenvalue weighted by atomic mass is 10.1. The third-order valence-electron chi connectivity index (χ3n) is 5.65. The normalized spacial score (nSPS) is 12.8. The van der Waals surface area contributed by atoms with E-state index in [1.165, 1.54) is 38.4 Å². The number of amides is 1. The molecule has 0 spiro atoms. The number of nitrogens with zero attached hydrogens (tertiary/aromatic N) is 3. The van der Waals surface area contributed by atoms with Crippen LogP contribution < -0.4 is 5.32 Å². The zero-order valence-electron chi connectivity index (χ0n) is 19.7. The Labute approximate surface area is 199 Å². The summed E-state index contributed by atoms with van der Waals surface area (Å²) in [5.41, 5.74) is 2.99. The van der Waals surface area contributed by atoms with Crippen molar-refractivity contribution in [1.29, 1.82) is 0 Å². The Morgan fingerprint density at radius 1 is 1.12 bits per heavy atom. The minimum atomic E-state index is -3.58. The van der Waals surface area contributed by atoms with E-state index in [2.05, 4.69) is 15.5 Å². The summed E-state index contributed by atoms with van der Waals surface area (Å²) in [4.78, 5) is 14.8. The number of carbonyl (C=O) groups excluding carboxylic acids is 1. The second-order valence-corrected chi connectivity index (χ2v) is 10.5. The van der Waals surface area contributed by atoms with E-state index in [9.17, 15) is 17.6 Å². The number of aromatic nitrogens is 2. The molecule has 3 aromatic rings. The van der Waals surface area contributed by atoms with Gasteiger partial charge in [-0.2, -0.15) is 5.10 Å². The van der Waals surface area contributed by atoms with Crippen molar-refractivity contribution in [3.05, 3.63) is 66.1 Å². The molecule has 0 aliphatic heterocycles. The van der Waals surface area contributed by atoms with E-state index in [-0.39, 0.29) is 16.6 Å². The molecule has 1 aromatic heterocycles. The van der Waals surface area contributed by atoms with Gasteiger partial charge in [0.25, 0.3) is 0 Å². The van der Waals surface area contributed by atoms with Crippen LogP contribution in [0, 0.1) is 5.82 Å². The number of hydrogen-bond donors (Lipinski definition) is 2. The topological polar surface area (TPSA) is 98.4 Å². The molecular formula is C24H30FN5O3S. The molecular weight excluding hydrogens is 457 g/mol. The van der Waals surface area contributed by atoms with Gasteiger partial charge in [0, 0.05) is 31.0 Å². The monoisotopic (exact) mass is 487 g/mol. The molecule has 2 N–H and O–H groups in total. The van der Waals surface area contributed by atoms with E-state index in [0.717, 1.165) is 34.1 Å². The Kier molecular flexibility index (Phi) is 8.19. The van der Waals surface area contributed by atoms with Gasteiger partial charge in [0.15, 0.2) is 0 Å². The molecule has 34 heavy (non-hydrogen) atoms. The maximum absolute atomic E-state index is 13.1. The number of aryl methyl sites for hydroxylation is 1. The average Bonchev–Trinajstić information content (AvgIpc) is 3.27. The smallest absolute Gasteiger partial charge is 0.242 e. The minimum absolute atomic E-state index is 0.121. The number of rotatable bonds is 10. The molecule has 0 fully saturated rings. The number of benzene rings is 2. The first-order valence-electron chi connectivity index (χ1n) is 10.9. The van der Waals surface area contributed by atoms with Crippen molar-refractivity contribution in [2.24, 2.45) is 0 Å². The molecule has 0 bridgehead atoms. The van der Waals surface area contributed by atoms with Gasteiger partial charge >= 0.3 is 0 Å². The summed E-state index contributed by atoms with van der Waals surface area (Å²) >= 11 is 0. The first-order chi connectivity index (χ1) is 16.1. The van der Waals surface area contributed by atoms with Crippen molar-refractivity contribution in [1.82, 2.24) is 19.4 Å². The maximum atomic E-state index is 13.1. The number of H-pyrrole nitrogens is 1. The molecule has 1 amide bonds. The number of sulfonamides is 1. The lowest BCUT2D eigenvalue weighted by Crippen LogP contribution is -2.40. The fourth-order valence-electron chi connectivity index (χ4n) is 3.36. The fraction of sp³-hybridized carbons (Fsp3) is 0.333. The van der Waals surface area contributed by atoms with Crippen LogP contribution in [-0.4, -0.2) is 67.5 Å². The van der Waals surface area contributed by atoms with Crippen LogP contribution in [0.2, 0.25) is 0 Å². The number of hydrogen-bond acceptors (Lipinski definition) is 5. The lowest BCUT2D eigenvalue weighted by Gasteiger charge is -2.24. The predicted octanol–water partition coefficient (Wildman–Crippen LogP) is 3.36. The quantitative estimate of drug-likeness (QED) is 0.457. The summed E-state index contributed by atoms with van der Waals surface area (Å²) in [5.74, 6) is -0.506. The Morgan fingerprint density at radius 2 is 1.82 bits per heavy atom. The molecule has 182 valence electrons. The Hall–Kier alpha value is -3.08. The van der Waals surface area contributed by atoms with E-state index in [4.69, 9.17) is 0 Å². The highest BCUT2D eigenvalue weighted by atomic mass is 32.2. The van der Waals surface area contributed by atoms with Gasteiger partial charge in [-0.05, 0) is 81.9 Å². The zero-order valence-corrected chi connectivity index (χ0v) is 20.6.